The van der Waals surface area contributed by atoms with Crippen molar-refractivity contribution in [2.24, 2.45) is 0 Å². The molecule has 8 heteroatoms. The number of fused-ring (bicyclic) bond motifs is 2. The summed E-state index contributed by atoms with van der Waals surface area (Å²) in [5, 5.41) is 7.35. The summed E-state index contributed by atoms with van der Waals surface area (Å²) in [6, 6.07) is 9.97. The molecule has 4 aromatic rings. The molecular formula is C19H19N5OS2. The van der Waals surface area contributed by atoms with Gasteiger partial charge in [-0.25, -0.2) is 14.5 Å². The van der Waals surface area contributed by atoms with Gasteiger partial charge < -0.3 is 5.32 Å². The van der Waals surface area contributed by atoms with E-state index in [0.29, 0.717) is 12.3 Å². The molecule has 1 aromatic carbocycles. The summed E-state index contributed by atoms with van der Waals surface area (Å²) in [4.78, 5) is 21.0. The van der Waals surface area contributed by atoms with Crippen LogP contribution < -0.4 is 5.32 Å². The molecular weight excluding hydrogens is 378 g/mol. The van der Waals surface area contributed by atoms with Gasteiger partial charge in [0.1, 0.15) is 0 Å². The standard InChI is InChI=1S/C19H19N5OS2/c1-13-9-17-21-10-14(11-24(17)23-13)5-4-8-20-18(25)12-26-19-22-15-6-2-3-7-16(15)27-19/h2-3,6-7,9-11H,4-5,8,12H2,1H3,(H,20,25). The largest absolute Gasteiger partial charge is 0.355 e. The number of carbonyl (C=O) groups is 1. The lowest BCUT2D eigenvalue weighted by molar-refractivity contribution is -0.118. The number of thiazole rings is 1. The summed E-state index contributed by atoms with van der Waals surface area (Å²) < 4.78 is 3.89. The van der Waals surface area contributed by atoms with E-state index in [9.17, 15) is 4.79 Å². The van der Waals surface area contributed by atoms with Gasteiger partial charge in [0.05, 0.1) is 21.7 Å². The number of aromatic nitrogens is 4. The lowest BCUT2D eigenvalue weighted by Crippen LogP contribution is -2.26. The lowest BCUT2D eigenvalue weighted by atomic mass is 10.2. The van der Waals surface area contributed by atoms with Crippen molar-refractivity contribution in [3.05, 3.63) is 54.0 Å². The highest BCUT2D eigenvalue weighted by Gasteiger charge is 2.07. The van der Waals surface area contributed by atoms with Gasteiger partial charge in [-0.05, 0) is 37.5 Å². The molecule has 0 bridgehead atoms. The highest BCUT2D eigenvalue weighted by atomic mass is 32.2. The molecule has 1 N–H and O–H groups in total. The van der Waals surface area contributed by atoms with Gasteiger partial charge in [-0.1, -0.05) is 23.9 Å². The smallest absolute Gasteiger partial charge is 0.230 e. The molecule has 3 aromatic heterocycles. The molecule has 0 aliphatic heterocycles. The third-order valence-corrected chi connectivity index (χ3v) is 6.23. The van der Waals surface area contributed by atoms with Crippen molar-refractivity contribution in [2.45, 2.75) is 24.1 Å². The second kappa shape index (κ2) is 8.06. The minimum Gasteiger partial charge on any atom is -0.355 e. The number of hydrogen-bond donors (Lipinski definition) is 1. The van der Waals surface area contributed by atoms with Crippen LogP contribution in [0.25, 0.3) is 15.9 Å². The highest BCUT2D eigenvalue weighted by molar-refractivity contribution is 8.01. The molecule has 0 saturated carbocycles. The van der Waals surface area contributed by atoms with Crippen LogP contribution in [-0.2, 0) is 11.2 Å². The topological polar surface area (TPSA) is 72.2 Å². The van der Waals surface area contributed by atoms with Crippen molar-refractivity contribution in [1.82, 2.24) is 24.9 Å². The fourth-order valence-electron chi connectivity index (χ4n) is 2.77. The molecule has 1 amide bonds. The Morgan fingerprint density at radius 2 is 2.22 bits per heavy atom. The highest BCUT2D eigenvalue weighted by Crippen LogP contribution is 2.28. The Hall–Kier alpha value is -2.45. The first-order valence-electron chi connectivity index (χ1n) is 8.73. The number of nitrogens with zero attached hydrogens (tertiary/aromatic N) is 4. The monoisotopic (exact) mass is 397 g/mol. The van der Waals surface area contributed by atoms with E-state index in [1.807, 2.05) is 49.6 Å². The number of thioether (sulfide) groups is 1. The summed E-state index contributed by atoms with van der Waals surface area (Å²) in [5.41, 5.74) is 3.92. The van der Waals surface area contributed by atoms with E-state index in [0.717, 1.165) is 44.3 Å². The van der Waals surface area contributed by atoms with Crippen LogP contribution in [0, 0.1) is 6.92 Å². The minimum absolute atomic E-state index is 0.0375. The van der Waals surface area contributed by atoms with Crippen LogP contribution in [0.15, 0.2) is 47.1 Å². The average molecular weight is 398 g/mol. The number of benzene rings is 1. The molecule has 0 unspecified atom stereocenters. The van der Waals surface area contributed by atoms with E-state index in [4.69, 9.17) is 0 Å². The van der Waals surface area contributed by atoms with Gasteiger partial charge in [-0.3, -0.25) is 4.79 Å². The third kappa shape index (κ3) is 4.45. The first-order chi connectivity index (χ1) is 13.2. The predicted octanol–water partition coefficient (Wildman–Crippen LogP) is 3.49. The fourth-order valence-corrected chi connectivity index (χ4v) is 4.67. The molecule has 0 fully saturated rings. The molecule has 6 nitrogen and oxygen atoms in total. The molecule has 0 aliphatic rings. The molecule has 0 saturated heterocycles. The molecule has 0 spiro atoms. The minimum atomic E-state index is 0.0375. The number of aryl methyl sites for hydroxylation is 2. The first-order valence-corrected chi connectivity index (χ1v) is 10.5. The van der Waals surface area contributed by atoms with Crippen LogP contribution in [0.2, 0.25) is 0 Å². The number of carbonyl (C=O) groups excluding carboxylic acids is 1. The molecule has 0 atom stereocenters. The van der Waals surface area contributed by atoms with Gasteiger partial charge in [0.15, 0.2) is 9.99 Å². The van der Waals surface area contributed by atoms with Crippen molar-refractivity contribution in [2.75, 3.05) is 12.3 Å². The van der Waals surface area contributed by atoms with Crippen LogP contribution >= 0.6 is 23.1 Å². The van der Waals surface area contributed by atoms with Gasteiger partial charge in [-0.15, -0.1) is 11.3 Å². The maximum atomic E-state index is 12.0. The van der Waals surface area contributed by atoms with E-state index >= 15 is 0 Å². The van der Waals surface area contributed by atoms with Crippen LogP contribution in [0.3, 0.4) is 0 Å². The Balaban J connectivity index is 1.20. The summed E-state index contributed by atoms with van der Waals surface area (Å²) in [5.74, 6) is 0.426. The van der Waals surface area contributed by atoms with E-state index in [1.54, 1.807) is 15.9 Å². The number of para-hydroxylation sites is 1. The van der Waals surface area contributed by atoms with E-state index in [-0.39, 0.29) is 5.91 Å². The quantitative estimate of drug-likeness (QED) is 0.382. The number of nitrogens with one attached hydrogen (secondary N) is 1. The third-order valence-electron chi connectivity index (χ3n) is 4.05. The van der Waals surface area contributed by atoms with Gasteiger partial charge in [0.25, 0.3) is 0 Å². The maximum Gasteiger partial charge on any atom is 0.230 e. The average Bonchev–Trinajstić information content (AvgIpc) is 3.25. The zero-order chi connectivity index (χ0) is 18.6. The Morgan fingerprint density at radius 3 is 3.11 bits per heavy atom. The van der Waals surface area contributed by atoms with Gasteiger partial charge in [0.2, 0.25) is 5.91 Å². The Kier molecular flexibility index (Phi) is 5.35. The molecule has 27 heavy (non-hydrogen) atoms. The van der Waals surface area contributed by atoms with Gasteiger partial charge in [-0.2, -0.15) is 5.10 Å². The Labute approximate surface area is 165 Å². The van der Waals surface area contributed by atoms with Crippen molar-refractivity contribution in [1.29, 1.82) is 0 Å². The normalized spacial score (nSPS) is 11.3. The van der Waals surface area contributed by atoms with Gasteiger partial charge in [0, 0.05) is 25.0 Å². The lowest BCUT2D eigenvalue weighted by Gasteiger charge is -2.05. The van der Waals surface area contributed by atoms with E-state index in [2.05, 4.69) is 20.4 Å². The van der Waals surface area contributed by atoms with Crippen LogP contribution in [0.5, 0.6) is 0 Å². The molecule has 0 aliphatic carbocycles. The van der Waals surface area contributed by atoms with Crippen LogP contribution in [0.1, 0.15) is 17.7 Å². The number of rotatable bonds is 7. The molecule has 4 rings (SSSR count). The van der Waals surface area contributed by atoms with Gasteiger partial charge >= 0.3 is 0 Å². The fraction of sp³-hybridized carbons (Fsp3) is 0.263. The molecule has 138 valence electrons. The van der Waals surface area contributed by atoms with Crippen molar-refractivity contribution in [3.63, 3.8) is 0 Å². The maximum absolute atomic E-state index is 12.0. The van der Waals surface area contributed by atoms with E-state index < -0.39 is 0 Å². The summed E-state index contributed by atoms with van der Waals surface area (Å²) in [6.45, 7) is 2.60. The Bertz CT molecular complexity index is 1060. The summed E-state index contributed by atoms with van der Waals surface area (Å²) in [7, 11) is 0. The van der Waals surface area contributed by atoms with Crippen molar-refractivity contribution >= 4 is 44.9 Å². The second-order valence-electron chi connectivity index (χ2n) is 6.24. The molecule has 0 radical (unpaired) electrons. The van der Waals surface area contributed by atoms with Crippen LogP contribution in [0.4, 0.5) is 0 Å². The van der Waals surface area contributed by atoms with Crippen molar-refractivity contribution in [3.8, 4) is 0 Å². The predicted molar refractivity (Wildman–Crippen MR) is 109 cm³/mol. The zero-order valence-corrected chi connectivity index (χ0v) is 16.5. The first kappa shape index (κ1) is 17.9. The van der Waals surface area contributed by atoms with Crippen molar-refractivity contribution < 1.29 is 4.79 Å². The number of amides is 1. The SMILES string of the molecule is Cc1cc2ncc(CCCNC(=O)CSc3nc4ccccc4s3)cn2n1. The summed E-state index contributed by atoms with van der Waals surface area (Å²) >= 11 is 3.11. The molecule has 3 heterocycles. The Morgan fingerprint density at radius 1 is 1.33 bits per heavy atom. The summed E-state index contributed by atoms with van der Waals surface area (Å²) in [6.07, 6.45) is 5.60. The van der Waals surface area contributed by atoms with Crippen LogP contribution in [-0.4, -0.2) is 37.8 Å². The number of hydrogen-bond acceptors (Lipinski definition) is 6. The second-order valence-corrected chi connectivity index (χ2v) is 8.49. The van der Waals surface area contributed by atoms with E-state index in [1.165, 1.54) is 11.8 Å². The zero-order valence-electron chi connectivity index (χ0n) is 14.9.